The van der Waals surface area contributed by atoms with Gasteiger partial charge in [0, 0.05) is 5.69 Å². The molecule has 0 saturated heterocycles. The van der Waals surface area contributed by atoms with Crippen LogP contribution in [0.5, 0.6) is 11.5 Å². The van der Waals surface area contributed by atoms with E-state index in [2.05, 4.69) is 20.0 Å². The van der Waals surface area contributed by atoms with E-state index in [-0.39, 0.29) is 33.3 Å². The molecule has 1 heterocycles. The largest absolute Gasteiger partial charge is 0.455 e. The number of sulfonamides is 1. The number of fused-ring (bicyclic) bond motifs is 1. The summed E-state index contributed by atoms with van der Waals surface area (Å²) < 4.78 is 74.9. The number of H-pyrrole nitrogens is 1. The number of rotatable bonds is 7. The molecular formula is C26H19F3N4O3S. The molecule has 0 unspecified atom stereocenters. The maximum atomic E-state index is 13.5. The van der Waals surface area contributed by atoms with Crippen LogP contribution in [0.15, 0.2) is 102 Å². The Hall–Kier alpha value is -4.51. The summed E-state index contributed by atoms with van der Waals surface area (Å²) in [4.78, 5) is 6.79. The van der Waals surface area contributed by atoms with Gasteiger partial charge in [-0.2, -0.15) is 13.2 Å². The van der Waals surface area contributed by atoms with Gasteiger partial charge in [0.05, 0.1) is 21.7 Å². The number of hydrogen-bond acceptors (Lipinski definition) is 5. The lowest BCUT2D eigenvalue weighted by atomic mass is 10.2. The highest BCUT2D eigenvalue weighted by atomic mass is 32.2. The predicted octanol–water partition coefficient (Wildman–Crippen LogP) is 6.92. The van der Waals surface area contributed by atoms with Crippen LogP contribution >= 0.6 is 0 Å². The summed E-state index contributed by atoms with van der Waals surface area (Å²) in [5, 5.41) is 2.89. The van der Waals surface area contributed by atoms with Crippen LogP contribution in [0.4, 0.5) is 30.5 Å². The first kappa shape index (κ1) is 24.2. The van der Waals surface area contributed by atoms with Crippen LogP contribution in [-0.4, -0.2) is 18.4 Å². The van der Waals surface area contributed by atoms with Crippen LogP contribution in [-0.2, 0) is 16.2 Å². The van der Waals surface area contributed by atoms with E-state index >= 15 is 0 Å². The lowest BCUT2D eigenvalue weighted by Gasteiger charge is -2.14. The van der Waals surface area contributed by atoms with Crippen LogP contribution in [0.25, 0.3) is 11.0 Å². The topological polar surface area (TPSA) is 96.1 Å². The Labute approximate surface area is 210 Å². The molecular weight excluding hydrogens is 505 g/mol. The van der Waals surface area contributed by atoms with Gasteiger partial charge in [-0.25, -0.2) is 13.4 Å². The Kier molecular flexibility index (Phi) is 6.22. The van der Waals surface area contributed by atoms with Gasteiger partial charge in [-0.1, -0.05) is 42.5 Å². The van der Waals surface area contributed by atoms with Crippen molar-refractivity contribution in [3.63, 3.8) is 0 Å². The molecule has 3 N–H and O–H groups in total. The van der Waals surface area contributed by atoms with E-state index in [0.717, 1.165) is 6.07 Å². The first-order valence-corrected chi connectivity index (χ1v) is 12.5. The van der Waals surface area contributed by atoms with E-state index in [4.69, 9.17) is 4.74 Å². The maximum Gasteiger partial charge on any atom is 0.418 e. The van der Waals surface area contributed by atoms with Crippen LogP contribution in [0, 0.1) is 0 Å². The Balaban J connectivity index is 1.55. The number of ether oxygens (including phenoxy) is 1. The zero-order chi connectivity index (χ0) is 26.0. The van der Waals surface area contributed by atoms with Crippen molar-refractivity contribution in [2.24, 2.45) is 0 Å². The minimum atomic E-state index is -4.59. The molecule has 0 spiro atoms. The number of imidazole rings is 1. The zero-order valence-corrected chi connectivity index (χ0v) is 19.8. The van der Waals surface area contributed by atoms with Gasteiger partial charge in [-0.15, -0.1) is 0 Å². The summed E-state index contributed by atoms with van der Waals surface area (Å²) in [6.07, 6.45) is -4.59. The molecule has 188 valence electrons. The van der Waals surface area contributed by atoms with Gasteiger partial charge in [0.15, 0.2) is 5.75 Å². The van der Waals surface area contributed by atoms with Gasteiger partial charge < -0.3 is 15.0 Å². The van der Waals surface area contributed by atoms with Crippen molar-refractivity contribution in [1.82, 2.24) is 9.97 Å². The molecule has 4 aromatic carbocycles. The van der Waals surface area contributed by atoms with Crippen LogP contribution in [0.1, 0.15) is 5.56 Å². The van der Waals surface area contributed by atoms with E-state index in [9.17, 15) is 21.6 Å². The van der Waals surface area contributed by atoms with E-state index in [1.165, 1.54) is 30.3 Å². The van der Waals surface area contributed by atoms with Crippen molar-refractivity contribution in [2.45, 2.75) is 11.1 Å². The van der Waals surface area contributed by atoms with Crippen LogP contribution in [0.3, 0.4) is 0 Å². The van der Waals surface area contributed by atoms with Crippen molar-refractivity contribution in [1.29, 1.82) is 0 Å². The lowest BCUT2D eigenvalue weighted by molar-refractivity contribution is -0.136. The van der Waals surface area contributed by atoms with Gasteiger partial charge in [0.2, 0.25) is 5.95 Å². The quantitative estimate of drug-likeness (QED) is 0.215. The lowest BCUT2D eigenvalue weighted by Crippen LogP contribution is -2.13. The van der Waals surface area contributed by atoms with Crippen LogP contribution < -0.4 is 14.8 Å². The summed E-state index contributed by atoms with van der Waals surface area (Å²) in [7, 11) is -3.99. The number of hydrogen-bond donors (Lipinski definition) is 3. The van der Waals surface area contributed by atoms with Crippen molar-refractivity contribution in [3.8, 4) is 11.5 Å². The van der Waals surface area contributed by atoms with Gasteiger partial charge in [0.1, 0.15) is 11.3 Å². The van der Waals surface area contributed by atoms with E-state index in [1.54, 1.807) is 54.6 Å². The number of benzene rings is 4. The van der Waals surface area contributed by atoms with Crippen molar-refractivity contribution in [2.75, 3.05) is 10.0 Å². The molecule has 0 aliphatic carbocycles. The zero-order valence-electron chi connectivity index (χ0n) is 19.0. The molecule has 0 amide bonds. The summed E-state index contributed by atoms with van der Waals surface area (Å²) in [5.41, 5.74) is -0.445. The smallest absolute Gasteiger partial charge is 0.418 e. The number of para-hydroxylation sites is 3. The third kappa shape index (κ3) is 5.36. The fourth-order valence-electron chi connectivity index (χ4n) is 3.65. The van der Waals surface area contributed by atoms with Gasteiger partial charge in [-0.3, -0.25) is 4.72 Å². The molecule has 5 aromatic rings. The average Bonchev–Trinajstić information content (AvgIpc) is 3.28. The number of aromatic amines is 1. The van der Waals surface area contributed by atoms with Crippen molar-refractivity contribution in [3.05, 3.63) is 103 Å². The molecule has 5 rings (SSSR count). The Morgan fingerprint density at radius 2 is 1.54 bits per heavy atom. The molecule has 0 bridgehead atoms. The second-order valence-corrected chi connectivity index (χ2v) is 9.64. The molecule has 0 aliphatic heterocycles. The molecule has 0 radical (unpaired) electrons. The van der Waals surface area contributed by atoms with Crippen molar-refractivity contribution < 1.29 is 26.3 Å². The highest BCUT2D eigenvalue weighted by Gasteiger charge is 2.33. The summed E-state index contributed by atoms with van der Waals surface area (Å²) in [6.45, 7) is 0. The number of alkyl halides is 3. The molecule has 11 heteroatoms. The van der Waals surface area contributed by atoms with Gasteiger partial charge >= 0.3 is 6.18 Å². The number of nitrogens with zero attached hydrogens (tertiary/aromatic N) is 1. The first-order valence-electron chi connectivity index (χ1n) is 11.0. The second-order valence-electron chi connectivity index (χ2n) is 7.95. The summed E-state index contributed by atoms with van der Waals surface area (Å²) in [5.74, 6) is 0.698. The van der Waals surface area contributed by atoms with E-state index in [0.29, 0.717) is 11.4 Å². The summed E-state index contributed by atoms with van der Waals surface area (Å²) in [6, 6.07) is 25.0. The molecule has 0 fully saturated rings. The van der Waals surface area contributed by atoms with Crippen molar-refractivity contribution >= 4 is 38.4 Å². The first-order chi connectivity index (χ1) is 17.7. The Bertz CT molecular complexity index is 1660. The standard InChI is InChI=1S/C26H19F3N4O3S/c27-26(28,29)20-12-7-13-21-24(20)32-25(30-21)31-22-16-19(37(34,35)33-17-8-3-1-4-9-17)14-15-23(22)36-18-10-5-2-6-11-18/h1-16,33H,(H2,30,31,32). The SMILES string of the molecule is O=S(=O)(Nc1ccccc1)c1ccc(Oc2ccccc2)c(Nc2nc3c(C(F)(F)F)cccc3[nH]2)c1. The number of nitrogens with one attached hydrogen (secondary N) is 3. The highest BCUT2D eigenvalue weighted by Crippen LogP contribution is 2.37. The monoisotopic (exact) mass is 524 g/mol. The Morgan fingerprint density at radius 1 is 0.838 bits per heavy atom. The van der Waals surface area contributed by atoms with Gasteiger partial charge in [-0.05, 0) is 54.6 Å². The van der Waals surface area contributed by atoms with Crippen LogP contribution in [0.2, 0.25) is 0 Å². The minimum absolute atomic E-state index is 0.0184. The fraction of sp³-hybridized carbons (Fsp3) is 0.0385. The molecule has 0 aliphatic rings. The molecule has 0 saturated carbocycles. The summed E-state index contributed by atoms with van der Waals surface area (Å²) >= 11 is 0. The van der Waals surface area contributed by atoms with E-state index in [1.807, 2.05) is 6.07 Å². The third-order valence-corrected chi connectivity index (χ3v) is 6.71. The average molecular weight is 525 g/mol. The third-order valence-electron chi connectivity index (χ3n) is 5.33. The van der Waals surface area contributed by atoms with E-state index < -0.39 is 21.8 Å². The second kappa shape index (κ2) is 9.51. The predicted molar refractivity (Wildman–Crippen MR) is 135 cm³/mol. The maximum absolute atomic E-state index is 13.5. The number of halogens is 3. The normalized spacial score (nSPS) is 11.9. The van der Waals surface area contributed by atoms with Gasteiger partial charge in [0.25, 0.3) is 10.0 Å². The number of anilines is 3. The number of aromatic nitrogens is 2. The molecule has 1 aromatic heterocycles. The fourth-order valence-corrected chi connectivity index (χ4v) is 4.73. The minimum Gasteiger partial charge on any atom is -0.455 e. The molecule has 7 nitrogen and oxygen atoms in total. The highest BCUT2D eigenvalue weighted by molar-refractivity contribution is 7.92. The molecule has 0 atom stereocenters. The molecule has 37 heavy (non-hydrogen) atoms. The Morgan fingerprint density at radius 3 is 2.24 bits per heavy atom.